The highest BCUT2D eigenvalue weighted by molar-refractivity contribution is 6.30. The SMILES string of the molecule is Cc1cccc(-c2nc(C(=O)Nc3cccc4ccccc34)nn2-c2cc(Cl)ccc2C)c1. The molecule has 1 N–H and O–H groups in total. The molecule has 0 fully saturated rings. The van der Waals surface area contributed by atoms with Gasteiger partial charge >= 0.3 is 0 Å². The topological polar surface area (TPSA) is 59.8 Å². The minimum Gasteiger partial charge on any atom is -0.319 e. The van der Waals surface area contributed by atoms with Crippen molar-refractivity contribution in [2.24, 2.45) is 0 Å². The van der Waals surface area contributed by atoms with Gasteiger partial charge in [-0.15, -0.1) is 5.10 Å². The van der Waals surface area contributed by atoms with E-state index in [2.05, 4.69) is 15.4 Å². The van der Waals surface area contributed by atoms with Crippen LogP contribution < -0.4 is 5.32 Å². The van der Waals surface area contributed by atoms with Gasteiger partial charge in [-0.1, -0.05) is 77.8 Å². The van der Waals surface area contributed by atoms with Crippen molar-refractivity contribution < 1.29 is 4.79 Å². The summed E-state index contributed by atoms with van der Waals surface area (Å²) < 4.78 is 1.69. The third-order valence-corrected chi connectivity index (χ3v) is 5.76. The molecule has 162 valence electrons. The van der Waals surface area contributed by atoms with Crippen LogP contribution in [0.2, 0.25) is 5.02 Å². The molecule has 0 spiro atoms. The number of benzene rings is 4. The van der Waals surface area contributed by atoms with Crippen molar-refractivity contribution in [3.8, 4) is 17.1 Å². The molecule has 1 heterocycles. The molecule has 5 rings (SSSR count). The van der Waals surface area contributed by atoms with Gasteiger partial charge in [-0.05, 0) is 49.1 Å². The van der Waals surface area contributed by atoms with Crippen LogP contribution in [0.1, 0.15) is 21.7 Å². The summed E-state index contributed by atoms with van der Waals surface area (Å²) in [6, 6.07) is 27.2. The predicted molar refractivity (Wildman–Crippen MR) is 133 cm³/mol. The Morgan fingerprint density at radius 3 is 2.55 bits per heavy atom. The Kier molecular flexibility index (Phi) is 5.40. The normalized spacial score (nSPS) is 11.0. The van der Waals surface area contributed by atoms with E-state index in [-0.39, 0.29) is 11.7 Å². The van der Waals surface area contributed by atoms with Gasteiger partial charge < -0.3 is 5.32 Å². The number of halogens is 1. The molecule has 0 atom stereocenters. The number of anilines is 1. The van der Waals surface area contributed by atoms with Crippen molar-refractivity contribution in [2.75, 3.05) is 5.32 Å². The lowest BCUT2D eigenvalue weighted by atomic mass is 10.1. The summed E-state index contributed by atoms with van der Waals surface area (Å²) in [7, 11) is 0. The zero-order valence-corrected chi connectivity index (χ0v) is 19.0. The Morgan fingerprint density at radius 2 is 1.70 bits per heavy atom. The number of carbonyl (C=O) groups is 1. The van der Waals surface area contributed by atoms with E-state index in [9.17, 15) is 4.79 Å². The number of rotatable bonds is 4. The lowest BCUT2D eigenvalue weighted by Gasteiger charge is -2.10. The molecule has 1 aromatic heterocycles. The van der Waals surface area contributed by atoms with Crippen molar-refractivity contribution in [1.82, 2.24) is 14.8 Å². The molecule has 5 aromatic rings. The van der Waals surface area contributed by atoms with Gasteiger partial charge in [0.25, 0.3) is 5.91 Å². The first kappa shape index (κ1) is 20.9. The summed E-state index contributed by atoms with van der Waals surface area (Å²) in [4.78, 5) is 17.9. The van der Waals surface area contributed by atoms with Gasteiger partial charge in [0.05, 0.1) is 5.69 Å². The predicted octanol–water partition coefficient (Wildman–Crippen LogP) is 6.61. The number of hydrogen-bond acceptors (Lipinski definition) is 3. The Hall–Kier alpha value is -3.96. The highest BCUT2D eigenvalue weighted by Gasteiger charge is 2.20. The zero-order chi connectivity index (χ0) is 22.9. The Balaban J connectivity index is 1.61. The minimum atomic E-state index is -0.376. The highest BCUT2D eigenvalue weighted by atomic mass is 35.5. The minimum absolute atomic E-state index is 0.0822. The van der Waals surface area contributed by atoms with E-state index >= 15 is 0 Å². The molecule has 6 heteroatoms. The number of nitrogens with zero attached hydrogens (tertiary/aromatic N) is 3. The van der Waals surface area contributed by atoms with Crippen LogP contribution >= 0.6 is 11.6 Å². The molecule has 0 saturated heterocycles. The average molecular weight is 453 g/mol. The summed E-state index contributed by atoms with van der Waals surface area (Å²) in [5.41, 5.74) is 4.41. The van der Waals surface area contributed by atoms with E-state index in [1.807, 2.05) is 98.8 Å². The van der Waals surface area contributed by atoms with Gasteiger partial charge in [-0.2, -0.15) is 0 Å². The number of fused-ring (bicyclic) bond motifs is 1. The maximum absolute atomic E-state index is 13.2. The molecule has 0 radical (unpaired) electrons. The van der Waals surface area contributed by atoms with E-state index in [1.165, 1.54) is 0 Å². The summed E-state index contributed by atoms with van der Waals surface area (Å²) in [5.74, 6) is 0.282. The van der Waals surface area contributed by atoms with Crippen LogP contribution in [0, 0.1) is 13.8 Å². The molecular weight excluding hydrogens is 432 g/mol. The largest absolute Gasteiger partial charge is 0.319 e. The monoisotopic (exact) mass is 452 g/mol. The molecule has 1 amide bonds. The standard InChI is InChI=1S/C27H21ClN4O/c1-17-7-5-10-20(15-17)26-30-25(31-32(26)24-16-21(28)14-13-18(24)2)27(33)29-23-12-6-9-19-8-3-4-11-22(19)23/h3-16H,1-2H3,(H,29,33). The van der Waals surface area contributed by atoms with E-state index in [4.69, 9.17) is 11.6 Å². The number of hydrogen-bond donors (Lipinski definition) is 1. The van der Waals surface area contributed by atoms with Crippen LogP contribution in [0.15, 0.2) is 84.9 Å². The molecule has 0 aliphatic rings. The van der Waals surface area contributed by atoms with Crippen LogP contribution in [0.5, 0.6) is 0 Å². The summed E-state index contributed by atoms with van der Waals surface area (Å²) in [5, 5.41) is 10.2. The third kappa shape index (κ3) is 4.11. The van der Waals surface area contributed by atoms with Crippen molar-refractivity contribution in [1.29, 1.82) is 0 Å². The van der Waals surface area contributed by atoms with Crippen LogP contribution in [-0.4, -0.2) is 20.7 Å². The van der Waals surface area contributed by atoms with E-state index < -0.39 is 0 Å². The second kappa shape index (κ2) is 8.52. The molecule has 0 unspecified atom stereocenters. The summed E-state index contributed by atoms with van der Waals surface area (Å²) in [6.07, 6.45) is 0. The third-order valence-electron chi connectivity index (χ3n) is 5.52. The first-order chi connectivity index (χ1) is 16.0. The second-order valence-electron chi connectivity index (χ2n) is 7.95. The maximum Gasteiger partial charge on any atom is 0.295 e. The molecule has 0 aliphatic heterocycles. The number of aryl methyl sites for hydroxylation is 2. The highest BCUT2D eigenvalue weighted by Crippen LogP contribution is 2.27. The molecule has 4 aromatic carbocycles. The van der Waals surface area contributed by atoms with Gasteiger partial charge in [0.15, 0.2) is 5.82 Å². The number of aromatic nitrogens is 3. The van der Waals surface area contributed by atoms with Crippen molar-refractivity contribution >= 4 is 34.0 Å². The molecule has 0 aliphatic carbocycles. The quantitative estimate of drug-likeness (QED) is 0.333. The molecular formula is C27H21ClN4O. The van der Waals surface area contributed by atoms with Crippen LogP contribution in [-0.2, 0) is 0 Å². The first-order valence-electron chi connectivity index (χ1n) is 10.6. The van der Waals surface area contributed by atoms with Crippen molar-refractivity contribution in [3.63, 3.8) is 0 Å². The van der Waals surface area contributed by atoms with Crippen LogP contribution in [0.3, 0.4) is 0 Å². The fraction of sp³-hybridized carbons (Fsp3) is 0.0741. The number of amides is 1. The van der Waals surface area contributed by atoms with Crippen LogP contribution in [0.4, 0.5) is 5.69 Å². The molecule has 0 bridgehead atoms. The van der Waals surface area contributed by atoms with Gasteiger partial charge in [0, 0.05) is 21.7 Å². The number of carbonyl (C=O) groups excluding carboxylic acids is 1. The second-order valence-corrected chi connectivity index (χ2v) is 8.39. The molecule has 0 saturated carbocycles. The van der Waals surface area contributed by atoms with Gasteiger partial charge in [-0.25, -0.2) is 9.67 Å². The van der Waals surface area contributed by atoms with Crippen molar-refractivity contribution in [2.45, 2.75) is 13.8 Å². The lowest BCUT2D eigenvalue weighted by Crippen LogP contribution is -2.14. The fourth-order valence-corrected chi connectivity index (χ4v) is 4.04. The fourth-order valence-electron chi connectivity index (χ4n) is 3.87. The smallest absolute Gasteiger partial charge is 0.295 e. The van der Waals surface area contributed by atoms with E-state index in [0.717, 1.165) is 33.2 Å². The molecule has 5 nitrogen and oxygen atoms in total. The Bertz CT molecular complexity index is 1500. The van der Waals surface area contributed by atoms with Gasteiger partial charge in [-0.3, -0.25) is 4.79 Å². The Morgan fingerprint density at radius 1 is 0.909 bits per heavy atom. The van der Waals surface area contributed by atoms with E-state index in [0.29, 0.717) is 16.5 Å². The number of nitrogens with one attached hydrogen (secondary N) is 1. The first-order valence-corrected chi connectivity index (χ1v) is 11.0. The maximum atomic E-state index is 13.2. The Labute approximate surface area is 196 Å². The summed E-state index contributed by atoms with van der Waals surface area (Å²) in [6.45, 7) is 3.99. The zero-order valence-electron chi connectivity index (χ0n) is 18.2. The van der Waals surface area contributed by atoms with Gasteiger partial charge in [0.2, 0.25) is 5.82 Å². The molecule has 33 heavy (non-hydrogen) atoms. The van der Waals surface area contributed by atoms with Crippen molar-refractivity contribution in [3.05, 3.63) is 107 Å². The average Bonchev–Trinajstić information content (AvgIpc) is 3.26. The van der Waals surface area contributed by atoms with Crippen LogP contribution in [0.25, 0.3) is 27.8 Å². The summed E-state index contributed by atoms with van der Waals surface area (Å²) >= 11 is 6.28. The van der Waals surface area contributed by atoms with E-state index in [1.54, 1.807) is 4.68 Å². The van der Waals surface area contributed by atoms with Gasteiger partial charge in [0.1, 0.15) is 0 Å². The lowest BCUT2D eigenvalue weighted by molar-refractivity contribution is 0.101.